The van der Waals surface area contributed by atoms with Crippen molar-refractivity contribution in [3.05, 3.63) is 12.2 Å². The van der Waals surface area contributed by atoms with E-state index in [0.717, 1.165) is 42.7 Å². The second-order valence-corrected chi connectivity index (χ2v) is 10.2. The maximum absolute atomic E-state index is 9.19. The lowest BCUT2D eigenvalue weighted by Gasteiger charge is -2.60. The average Bonchev–Trinajstić information content (AvgIpc) is 2.92. The number of hydrogen-bond acceptors (Lipinski definition) is 2. The molecule has 2 heteroatoms. The summed E-state index contributed by atoms with van der Waals surface area (Å²) >= 11 is 0. The molecular weight excluding hydrogens is 304 g/mol. The first-order valence-corrected chi connectivity index (χ1v) is 10.7. The Hall–Kier alpha value is -0.810. The van der Waals surface area contributed by atoms with Gasteiger partial charge in [0, 0.05) is 24.4 Å². The van der Waals surface area contributed by atoms with Crippen LogP contribution in [-0.2, 0) is 0 Å². The molecular formula is C23H36N2. The molecule has 0 amide bonds. The Kier molecular flexibility index (Phi) is 4.31. The first-order valence-electron chi connectivity index (χ1n) is 10.7. The molecule has 3 fully saturated rings. The van der Waals surface area contributed by atoms with Crippen molar-refractivity contribution in [3.63, 3.8) is 0 Å². The van der Waals surface area contributed by atoms with Crippen molar-refractivity contribution in [2.24, 2.45) is 40.4 Å². The number of hydrogen-bond donors (Lipinski definition) is 0. The predicted molar refractivity (Wildman–Crippen MR) is 103 cm³/mol. The van der Waals surface area contributed by atoms with E-state index < -0.39 is 0 Å². The van der Waals surface area contributed by atoms with Gasteiger partial charge in [0.15, 0.2) is 0 Å². The fourth-order valence-electron chi connectivity index (χ4n) is 8.16. The SMILES string of the molecule is C[C@H](CC#N)[C@H]1CC[C@H]2[C@@H]3CC[C@H]4N(C)CC=C[C@]4(C)[C@H]3CC[C@]12C. The number of likely N-dealkylation sites (N-methyl/N-ethyl adjacent to an activating group) is 1. The van der Waals surface area contributed by atoms with Crippen LogP contribution in [0.3, 0.4) is 0 Å². The minimum atomic E-state index is 0.383. The summed E-state index contributed by atoms with van der Waals surface area (Å²) in [6, 6.07) is 3.19. The van der Waals surface area contributed by atoms with Crippen molar-refractivity contribution in [1.82, 2.24) is 4.90 Å². The smallest absolute Gasteiger partial charge is 0.0624 e. The maximum Gasteiger partial charge on any atom is 0.0624 e. The van der Waals surface area contributed by atoms with E-state index >= 15 is 0 Å². The Bertz CT molecular complexity index is 589. The van der Waals surface area contributed by atoms with E-state index in [2.05, 4.69) is 50.9 Å². The maximum atomic E-state index is 9.19. The minimum absolute atomic E-state index is 0.383. The average molecular weight is 341 g/mol. The van der Waals surface area contributed by atoms with Gasteiger partial charge in [-0.1, -0.05) is 32.9 Å². The normalized spacial score (nSPS) is 50.4. The van der Waals surface area contributed by atoms with Crippen molar-refractivity contribution in [3.8, 4) is 6.07 Å². The van der Waals surface area contributed by atoms with Gasteiger partial charge in [0.2, 0.25) is 0 Å². The molecule has 0 radical (unpaired) electrons. The topological polar surface area (TPSA) is 27.0 Å². The third-order valence-corrected chi connectivity index (χ3v) is 9.30. The highest BCUT2D eigenvalue weighted by molar-refractivity contribution is 5.18. The van der Waals surface area contributed by atoms with Gasteiger partial charge in [-0.15, -0.1) is 0 Å². The molecule has 0 aromatic carbocycles. The molecule has 0 bridgehead atoms. The van der Waals surface area contributed by atoms with Gasteiger partial charge >= 0.3 is 0 Å². The van der Waals surface area contributed by atoms with Gasteiger partial charge in [-0.25, -0.2) is 0 Å². The van der Waals surface area contributed by atoms with Gasteiger partial charge in [0.1, 0.15) is 0 Å². The van der Waals surface area contributed by atoms with Crippen molar-refractivity contribution in [1.29, 1.82) is 5.26 Å². The second-order valence-electron chi connectivity index (χ2n) is 10.2. The van der Waals surface area contributed by atoms with E-state index in [0.29, 0.717) is 16.7 Å². The van der Waals surface area contributed by atoms with Crippen molar-refractivity contribution in [2.45, 2.75) is 71.8 Å². The van der Waals surface area contributed by atoms with Crippen LogP contribution in [0.5, 0.6) is 0 Å². The van der Waals surface area contributed by atoms with Crippen LogP contribution in [0.1, 0.15) is 65.7 Å². The fourth-order valence-corrected chi connectivity index (χ4v) is 8.16. The van der Waals surface area contributed by atoms with Crippen LogP contribution in [0.4, 0.5) is 0 Å². The zero-order valence-electron chi connectivity index (χ0n) is 16.7. The molecule has 138 valence electrons. The van der Waals surface area contributed by atoms with Crippen molar-refractivity contribution in [2.75, 3.05) is 13.6 Å². The van der Waals surface area contributed by atoms with Gasteiger partial charge in [-0.3, -0.25) is 4.90 Å². The van der Waals surface area contributed by atoms with Gasteiger partial charge in [-0.05, 0) is 80.6 Å². The molecule has 0 aromatic rings. The molecule has 0 unspecified atom stereocenters. The molecule has 0 aromatic heterocycles. The van der Waals surface area contributed by atoms with E-state index in [9.17, 15) is 5.26 Å². The summed E-state index contributed by atoms with van der Waals surface area (Å²) in [5.41, 5.74) is 0.874. The second kappa shape index (κ2) is 6.12. The first kappa shape index (κ1) is 17.6. The molecule has 4 aliphatic rings. The van der Waals surface area contributed by atoms with Gasteiger partial charge in [0.25, 0.3) is 0 Å². The van der Waals surface area contributed by atoms with Crippen LogP contribution in [0, 0.1) is 51.8 Å². The highest BCUT2D eigenvalue weighted by atomic mass is 15.1. The van der Waals surface area contributed by atoms with E-state index in [1.165, 1.54) is 38.5 Å². The molecule has 0 saturated heterocycles. The number of nitriles is 1. The highest BCUT2D eigenvalue weighted by Crippen LogP contribution is 2.66. The Labute approximate surface area is 154 Å². The summed E-state index contributed by atoms with van der Waals surface area (Å²) in [6.07, 6.45) is 14.2. The lowest BCUT2D eigenvalue weighted by atomic mass is 9.47. The minimum Gasteiger partial charge on any atom is -0.299 e. The van der Waals surface area contributed by atoms with Crippen LogP contribution >= 0.6 is 0 Å². The summed E-state index contributed by atoms with van der Waals surface area (Å²) in [4.78, 5) is 2.61. The van der Waals surface area contributed by atoms with Crippen LogP contribution in [0.15, 0.2) is 12.2 Å². The molecule has 1 heterocycles. The summed E-state index contributed by atoms with van der Waals surface area (Å²) in [6.45, 7) is 8.63. The molecule has 4 rings (SSSR count). The van der Waals surface area contributed by atoms with E-state index in [1.54, 1.807) is 0 Å². The molecule has 0 spiro atoms. The van der Waals surface area contributed by atoms with Crippen molar-refractivity contribution < 1.29 is 0 Å². The highest BCUT2D eigenvalue weighted by Gasteiger charge is 2.60. The van der Waals surface area contributed by atoms with Crippen LogP contribution < -0.4 is 0 Å². The standard InChI is InChI=1S/C23H36N2/c1-16(11-14-24)18-7-8-19-17-6-9-21-23(3,12-5-15-25(21)4)20(17)10-13-22(18,19)2/h5,12,16-21H,6-11,13,15H2,1-4H3/t16-,17+,18-,19+,20+,21-,22-,23-/m1/s1. The first-order chi connectivity index (χ1) is 11.9. The largest absolute Gasteiger partial charge is 0.299 e. The summed E-state index contributed by atoms with van der Waals surface area (Å²) < 4.78 is 0. The van der Waals surface area contributed by atoms with Crippen LogP contribution in [0.25, 0.3) is 0 Å². The zero-order valence-corrected chi connectivity index (χ0v) is 16.7. The number of fused-ring (bicyclic) bond motifs is 5. The quantitative estimate of drug-likeness (QED) is 0.641. The molecule has 2 nitrogen and oxygen atoms in total. The lowest BCUT2D eigenvalue weighted by Crippen LogP contribution is -2.58. The molecule has 3 saturated carbocycles. The van der Waals surface area contributed by atoms with E-state index in [-0.39, 0.29) is 0 Å². The number of nitrogens with zero attached hydrogens (tertiary/aromatic N) is 2. The third kappa shape index (κ3) is 2.45. The zero-order chi connectivity index (χ0) is 17.8. The van der Waals surface area contributed by atoms with E-state index in [4.69, 9.17) is 0 Å². The van der Waals surface area contributed by atoms with Crippen molar-refractivity contribution >= 4 is 0 Å². The molecule has 1 aliphatic heterocycles. The summed E-state index contributed by atoms with van der Waals surface area (Å²) in [7, 11) is 2.33. The molecule has 3 aliphatic carbocycles. The summed E-state index contributed by atoms with van der Waals surface area (Å²) in [5, 5.41) is 9.19. The molecule has 25 heavy (non-hydrogen) atoms. The third-order valence-electron chi connectivity index (χ3n) is 9.30. The Morgan fingerprint density at radius 2 is 1.96 bits per heavy atom. The Balaban J connectivity index is 1.61. The van der Waals surface area contributed by atoms with E-state index in [1.807, 2.05) is 0 Å². The molecule has 8 atom stereocenters. The predicted octanol–water partition coefficient (Wildman–Crippen LogP) is 5.27. The van der Waals surface area contributed by atoms with Gasteiger partial charge < -0.3 is 0 Å². The summed E-state index contributed by atoms with van der Waals surface area (Å²) in [5.74, 6) is 4.02. The number of rotatable bonds is 2. The Morgan fingerprint density at radius 3 is 2.72 bits per heavy atom. The van der Waals surface area contributed by atoms with Gasteiger partial charge in [0.05, 0.1) is 6.07 Å². The Morgan fingerprint density at radius 1 is 1.16 bits per heavy atom. The molecule has 0 N–H and O–H groups in total. The van der Waals surface area contributed by atoms with Gasteiger partial charge in [-0.2, -0.15) is 5.26 Å². The monoisotopic (exact) mass is 340 g/mol. The fraction of sp³-hybridized carbons (Fsp3) is 0.870. The van der Waals surface area contributed by atoms with Crippen LogP contribution in [0.2, 0.25) is 0 Å². The van der Waals surface area contributed by atoms with Crippen LogP contribution in [-0.4, -0.2) is 24.5 Å². The lowest BCUT2D eigenvalue weighted by molar-refractivity contribution is -0.0909.